The number of ether oxygens (including phenoxy) is 1. The number of hydrogen-bond acceptors (Lipinski definition) is 5. The monoisotopic (exact) mass is 386 g/mol. The van der Waals surface area contributed by atoms with Crippen molar-refractivity contribution >= 4 is 23.5 Å². The molecule has 0 aliphatic carbocycles. The topological polar surface area (TPSA) is 88.9 Å². The van der Waals surface area contributed by atoms with E-state index in [1.165, 1.54) is 17.2 Å². The highest BCUT2D eigenvalue weighted by Crippen LogP contribution is 2.18. The Labute approximate surface area is 164 Å². The summed E-state index contributed by atoms with van der Waals surface area (Å²) in [4.78, 5) is 38.3. The van der Waals surface area contributed by atoms with Crippen molar-refractivity contribution in [2.24, 2.45) is 0 Å². The maximum atomic E-state index is 12.6. The number of anilines is 1. The van der Waals surface area contributed by atoms with E-state index in [0.717, 1.165) is 11.1 Å². The molecule has 0 spiro atoms. The Kier molecular flexibility index (Phi) is 7.37. The summed E-state index contributed by atoms with van der Waals surface area (Å²) in [5, 5.41) is 2.85. The zero-order valence-electron chi connectivity index (χ0n) is 16.7. The summed E-state index contributed by atoms with van der Waals surface area (Å²) in [6, 6.07) is 8.48. The van der Waals surface area contributed by atoms with Crippen LogP contribution in [0.25, 0.3) is 0 Å². The highest BCUT2D eigenvalue weighted by Gasteiger charge is 2.24. The van der Waals surface area contributed by atoms with Gasteiger partial charge in [0.1, 0.15) is 6.54 Å². The molecule has 0 radical (unpaired) electrons. The Morgan fingerprint density at radius 2 is 1.93 bits per heavy atom. The van der Waals surface area contributed by atoms with Gasteiger partial charge in [0.25, 0.3) is 5.91 Å². The number of aryl methyl sites for hydroxylation is 1. The normalized spacial score (nSPS) is 11.6. The van der Waals surface area contributed by atoms with Crippen LogP contribution >= 0.6 is 0 Å². The number of rotatable bonds is 8. The molecule has 1 atom stereocenters. The molecule has 2 aromatic rings. The van der Waals surface area contributed by atoms with E-state index in [9.17, 15) is 14.4 Å². The molecule has 7 heteroatoms. The lowest BCUT2D eigenvalue weighted by Gasteiger charge is -2.28. The van der Waals surface area contributed by atoms with Gasteiger partial charge in [-0.05, 0) is 56.5 Å². The first kappa shape index (κ1) is 21.2. The fraction of sp³-hybridized carbons (Fsp3) is 0.381. The molecule has 0 fully saturated rings. The predicted octanol–water partition coefficient (Wildman–Crippen LogP) is 3.32. The summed E-state index contributed by atoms with van der Waals surface area (Å²) in [6.45, 7) is 7.07. The molecule has 0 saturated heterocycles. The van der Waals surface area contributed by atoms with E-state index in [1.54, 1.807) is 6.07 Å². The van der Waals surface area contributed by atoms with Crippen molar-refractivity contribution in [1.82, 2.24) is 4.90 Å². The summed E-state index contributed by atoms with van der Waals surface area (Å²) in [6.07, 6.45) is 2.01. The first-order valence-electron chi connectivity index (χ1n) is 9.19. The molecule has 7 nitrogen and oxygen atoms in total. The van der Waals surface area contributed by atoms with Crippen LogP contribution in [0.1, 0.15) is 41.9 Å². The van der Waals surface area contributed by atoms with Crippen molar-refractivity contribution in [3.8, 4) is 0 Å². The Morgan fingerprint density at radius 3 is 2.57 bits per heavy atom. The molecule has 0 bridgehead atoms. The van der Waals surface area contributed by atoms with Crippen LogP contribution in [-0.4, -0.2) is 41.9 Å². The minimum atomic E-state index is -0.720. The van der Waals surface area contributed by atoms with Crippen LogP contribution in [0.15, 0.2) is 41.0 Å². The zero-order valence-corrected chi connectivity index (χ0v) is 16.7. The van der Waals surface area contributed by atoms with Crippen molar-refractivity contribution in [2.75, 3.05) is 18.5 Å². The van der Waals surface area contributed by atoms with Crippen molar-refractivity contribution < 1.29 is 23.5 Å². The van der Waals surface area contributed by atoms with Gasteiger partial charge in [0.2, 0.25) is 11.7 Å². The van der Waals surface area contributed by atoms with Crippen LogP contribution in [0.3, 0.4) is 0 Å². The van der Waals surface area contributed by atoms with Gasteiger partial charge in [0, 0.05) is 11.7 Å². The van der Waals surface area contributed by atoms with Crippen LogP contribution in [0.4, 0.5) is 5.69 Å². The molecule has 28 heavy (non-hydrogen) atoms. The first-order chi connectivity index (χ1) is 13.3. The van der Waals surface area contributed by atoms with Gasteiger partial charge < -0.3 is 19.4 Å². The molecule has 0 aliphatic rings. The smallest absolute Gasteiger partial charge is 0.374 e. The lowest BCUT2D eigenvalue weighted by Crippen LogP contribution is -2.45. The second kappa shape index (κ2) is 9.73. The second-order valence-corrected chi connectivity index (χ2v) is 6.63. The number of amides is 2. The van der Waals surface area contributed by atoms with Crippen LogP contribution in [-0.2, 0) is 14.3 Å². The third kappa shape index (κ3) is 5.45. The molecular formula is C21H26N2O5. The average molecular weight is 386 g/mol. The molecule has 1 aromatic carbocycles. The highest BCUT2D eigenvalue weighted by molar-refractivity contribution is 5.96. The van der Waals surface area contributed by atoms with E-state index in [1.807, 2.05) is 45.9 Å². The maximum absolute atomic E-state index is 12.6. The van der Waals surface area contributed by atoms with Gasteiger partial charge in [0.15, 0.2) is 6.61 Å². The van der Waals surface area contributed by atoms with Gasteiger partial charge in [-0.25, -0.2) is 4.79 Å². The van der Waals surface area contributed by atoms with Crippen LogP contribution < -0.4 is 5.32 Å². The minimum Gasteiger partial charge on any atom is -0.457 e. The minimum absolute atomic E-state index is 0.0237. The standard InChI is InChI=1S/C21H26N2O5/c1-5-15(3)23(20(25)13-28-21(26)18-10-7-11-27-18)12-19(24)22-17-9-6-8-14(2)16(17)4/h6-11,15H,5,12-13H2,1-4H3,(H,22,24). The second-order valence-electron chi connectivity index (χ2n) is 6.63. The highest BCUT2D eigenvalue weighted by atomic mass is 16.5. The number of carbonyl (C=O) groups excluding carboxylic acids is 3. The maximum Gasteiger partial charge on any atom is 0.374 e. The van der Waals surface area contributed by atoms with E-state index < -0.39 is 18.5 Å². The quantitative estimate of drug-likeness (QED) is 0.703. The van der Waals surface area contributed by atoms with Gasteiger partial charge in [-0.1, -0.05) is 19.1 Å². The Morgan fingerprint density at radius 1 is 1.18 bits per heavy atom. The van der Waals surface area contributed by atoms with Crippen molar-refractivity contribution in [2.45, 2.75) is 40.2 Å². The Balaban J connectivity index is 1.99. The van der Waals surface area contributed by atoms with E-state index in [-0.39, 0.29) is 24.3 Å². The lowest BCUT2D eigenvalue weighted by molar-refractivity contribution is -0.139. The number of nitrogens with one attached hydrogen (secondary N) is 1. The van der Waals surface area contributed by atoms with E-state index >= 15 is 0 Å². The molecule has 150 valence electrons. The molecule has 0 saturated carbocycles. The summed E-state index contributed by atoms with van der Waals surface area (Å²) < 4.78 is 9.95. The molecular weight excluding hydrogens is 360 g/mol. The number of hydrogen-bond donors (Lipinski definition) is 1. The van der Waals surface area contributed by atoms with Crippen molar-refractivity contribution in [3.05, 3.63) is 53.5 Å². The number of furan rings is 1. The number of carbonyl (C=O) groups is 3. The number of esters is 1. The zero-order chi connectivity index (χ0) is 20.7. The Hall–Kier alpha value is -3.09. The third-order valence-corrected chi connectivity index (χ3v) is 4.68. The van der Waals surface area contributed by atoms with E-state index in [2.05, 4.69) is 5.32 Å². The van der Waals surface area contributed by atoms with Crippen molar-refractivity contribution in [3.63, 3.8) is 0 Å². The fourth-order valence-corrected chi connectivity index (χ4v) is 2.62. The molecule has 2 rings (SSSR count). The third-order valence-electron chi connectivity index (χ3n) is 4.68. The predicted molar refractivity (Wildman–Crippen MR) is 105 cm³/mol. The van der Waals surface area contributed by atoms with Crippen LogP contribution in [0, 0.1) is 13.8 Å². The van der Waals surface area contributed by atoms with Gasteiger partial charge >= 0.3 is 5.97 Å². The lowest BCUT2D eigenvalue weighted by atomic mass is 10.1. The first-order valence-corrected chi connectivity index (χ1v) is 9.19. The summed E-state index contributed by atoms with van der Waals surface area (Å²) in [7, 11) is 0. The summed E-state index contributed by atoms with van der Waals surface area (Å²) >= 11 is 0. The largest absolute Gasteiger partial charge is 0.457 e. The molecule has 0 aliphatic heterocycles. The molecule has 1 unspecified atom stereocenters. The van der Waals surface area contributed by atoms with Crippen LogP contribution in [0.5, 0.6) is 0 Å². The molecule has 1 heterocycles. The average Bonchev–Trinajstić information content (AvgIpc) is 3.22. The molecule has 2 amide bonds. The van der Waals surface area contributed by atoms with Crippen molar-refractivity contribution in [1.29, 1.82) is 0 Å². The number of nitrogens with zero attached hydrogens (tertiary/aromatic N) is 1. The van der Waals surface area contributed by atoms with Crippen LogP contribution in [0.2, 0.25) is 0 Å². The number of benzene rings is 1. The van der Waals surface area contributed by atoms with E-state index in [4.69, 9.17) is 9.15 Å². The fourth-order valence-electron chi connectivity index (χ4n) is 2.62. The summed E-state index contributed by atoms with van der Waals surface area (Å²) in [5.41, 5.74) is 2.76. The SMILES string of the molecule is CCC(C)N(CC(=O)Nc1cccc(C)c1C)C(=O)COC(=O)c1ccco1. The van der Waals surface area contributed by atoms with Gasteiger partial charge in [-0.15, -0.1) is 0 Å². The van der Waals surface area contributed by atoms with Gasteiger partial charge in [-0.2, -0.15) is 0 Å². The van der Waals surface area contributed by atoms with Gasteiger partial charge in [-0.3, -0.25) is 9.59 Å². The summed E-state index contributed by atoms with van der Waals surface area (Å²) in [5.74, 6) is -1.44. The van der Waals surface area contributed by atoms with E-state index in [0.29, 0.717) is 12.1 Å². The molecule has 1 aromatic heterocycles. The Bertz CT molecular complexity index is 829. The molecule has 1 N–H and O–H groups in total. The van der Waals surface area contributed by atoms with Gasteiger partial charge in [0.05, 0.1) is 6.26 Å².